The Morgan fingerprint density at radius 1 is 1.39 bits per heavy atom. The predicted octanol–water partition coefficient (Wildman–Crippen LogP) is 2.66. The topological polar surface area (TPSA) is 79.1 Å². The lowest BCUT2D eigenvalue weighted by atomic mass is 10.2. The SMILES string of the molecule is O=C(O)c1cnc(-c2cc3cc(F)ccc3[nH]2)o1. The van der Waals surface area contributed by atoms with Crippen LogP contribution in [0.25, 0.3) is 22.5 Å². The second-order valence-corrected chi connectivity index (χ2v) is 3.75. The van der Waals surface area contributed by atoms with Gasteiger partial charge in [-0.25, -0.2) is 14.2 Å². The van der Waals surface area contributed by atoms with Gasteiger partial charge in [-0.3, -0.25) is 0 Å². The van der Waals surface area contributed by atoms with E-state index in [4.69, 9.17) is 9.52 Å². The third-order valence-electron chi connectivity index (χ3n) is 2.53. The van der Waals surface area contributed by atoms with Gasteiger partial charge in [0.05, 0.1) is 6.20 Å². The molecular formula is C12H7FN2O3. The van der Waals surface area contributed by atoms with Crippen molar-refractivity contribution in [3.05, 3.63) is 42.0 Å². The monoisotopic (exact) mass is 246 g/mol. The van der Waals surface area contributed by atoms with Crippen LogP contribution in [-0.2, 0) is 0 Å². The quantitative estimate of drug-likeness (QED) is 0.728. The summed E-state index contributed by atoms with van der Waals surface area (Å²) in [6.07, 6.45) is 1.13. The van der Waals surface area contributed by atoms with E-state index < -0.39 is 5.97 Å². The lowest BCUT2D eigenvalue weighted by molar-refractivity contribution is 0.0663. The van der Waals surface area contributed by atoms with Gasteiger partial charge in [-0.1, -0.05) is 0 Å². The van der Waals surface area contributed by atoms with Crippen LogP contribution in [0.3, 0.4) is 0 Å². The molecule has 2 N–H and O–H groups in total. The zero-order valence-electron chi connectivity index (χ0n) is 8.98. The summed E-state index contributed by atoms with van der Waals surface area (Å²) in [5.74, 6) is -1.61. The van der Waals surface area contributed by atoms with Crippen LogP contribution < -0.4 is 0 Å². The number of carboxylic acid groups (broad SMARTS) is 1. The van der Waals surface area contributed by atoms with Crippen LogP contribution in [0.2, 0.25) is 0 Å². The van der Waals surface area contributed by atoms with Crippen LogP contribution in [0, 0.1) is 5.82 Å². The van der Waals surface area contributed by atoms with E-state index in [-0.39, 0.29) is 17.5 Å². The zero-order chi connectivity index (χ0) is 12.7. The van der Waals surface area contributed by atoms with Crippen LogP contribution in [0.4, 0.5) is 4.39 Å². The molecule has 0 spiro atoms. The fourth-order valence-electron chi connectivity index (χ4n) is 1.72. The lowest BCUT2D eigenvalue weighted by Crippen LogP contribution is -1.91. The Morgan fingerprint density at radius 3 is 2.94 bits per heavy atom. The van der Waals surface area contributed by atoms with E-state index >= 15 is 0 Å². The van der Waals surface area contributed by atoms with Crippen molar-refractivity contribution < 1.29 is 18.7 Å². The van der Waals surface area contributed by atoms with Gasteiger partial charge in [-0.15, -0.1) is 0 Å². The number of aromatic amines is 1. The fraction of sp³-hybridized carbons (Fsp3) is 0. The highest BCUT2D eigenvalue weighted by Crippen LogP contribution is 2.24. The Morgan fingerprint density at radius 2 is 2.22 bits per heavy atom. The van der Waals surface area contributed by atoms with E-state index in [1.807, 2.05) is 0 Å². The van der Waals surface area contributed by atoms with E-state index in [0.29, 0.717) is 11.1 Å². The van der Waals surface area contributed by atoms with Crippen molar-refractivity contribution in [1.29, 1.82) is 0 Å². The molecule has 0 aliphatic heterocycles. The normalized spacial score (nSPS) is 10.9. The highest BCUT2D eigenvalue weighted by molar-refractivity contribution is 5.86. The smallest absolute Gasteiger partial charge is 0.373 e. The van der Waals surface area contributed by atoms with Gasteiger partial charge in [-0.2, -0.15) is 0 Å². The summed E-state index contributed by atoms with van der Waals surface area (Å²) in [6, 6.07) is 5.95. The zero-order valence-corrected chi connectivity index (χ0v) is 8.98. The molecule has 0 radical (unpaired) electrons. The first-order chi connectivity index (χ1) is 8.63. The molecular weight excluding hydrogens is 239 g/mol. The minimum atomic E-state index is -1.18. The largest absolute Gasteiger partial charge is 0.475 e. The summed E-state index contributed by atoms with van der Waals surface area (Å²) in [6.45, 7) is 0. The molecule has 6 heteroatoms. The molecule has 0 bridgehead atoms. The van der Waals surface area contributed by atoms with Gasteiger partial charge in [0.1, 0.15) is 11.5 Å². The second-order valence-electron chi connectivity index (χ2n) is 3.75. The first kappa shape index (κ1) is 10.5. The molecule has 3 aromatic rings. The van der Waals surface area contributed by atoms with Crippen molar-refractivity contribution in [2.75, 3.05) is 0 Å². The first-order valence-corrected chi connectivity index (χ1v) is 5.11. The average Bonchev–Trinajstić information content (AvgIpc) is 2.93. The molecule has 1 aromatic carbocycles. The molecule has 2 heterocycles. The standard InChI is InChI=1S/C12H7FN2O3/c13-7-1-2-8-6(3-7)4-9(15-8)11-14-5-10(18-11)12(16)17/h1-5,15H,(H,16,17). The van der Waals surface area contributed by atoms with Crippen LogP contribution in [0.5, 0.6) is 0 Å². The third kappa shape index (κ3) is 1.64. The summed E-state index contributed by atoms with van der Waals surface area (Å²) in [4.78, 5) is 17.5. The summed E-state index contributed by atoms with van der Waals surface area (Å²) < 4.78 is 18.1. The fourth-order valence-corrected chi connectivity index (χ4v) is 1.72. The Balaban J connectivity index is 2.10. The maximum Gasteiger partial charge on any atom is 0.373 e. The van der Waals surface area contributed by atoms with Crippen molar-refractivity contribution in [2.45, 2.75) is 0 Å². The highest BCUT2D eigenvalue weighted by Gasteiger charge is 2.13. The Kier molecular flexibility index (Phi) is 2.16. The molecule has 90 valence electrons. The number of carbonyl (C=O) groups is 1. The predicted molar refractivity (Wildman–Crippen MR) is 60.7 cm³/mol. The number of carboxylic acids is 1. The number of aromatic carboxylic acids is 1. The number of halogens is 1. The van der Waals surface area contributed by atoms with Crippen molar-refractivity contribution in [1.82, 2.24) is 9.97 Å². The van der Waals surface area contributed by atoms with Crippen LogP contribution in [-0.4, -0.2) is 21.0 Å². The van der Waals surface area contributed by atoms with Crippen molar-refractivity contribution >= 4 is 16.9 Å². The number of nitrogens with one attached hydrogen (secondary N) is 1. The molecule has 0 saturated heterocycles. The van der Waals surface area contributed by atoms with Crippen LogP contribution in [0.1, 0.15) is 10.6 Å². The van der Waals surface area contributed by atoms with Crippen molar-refractivity contribution in [3.8, 4) is 11.6 Å². The number of H-pyrrole nitrogens is 1. The van der Waals surface area contributed by atoms with E-state index in [9.17, 15) is 9.18 Å². The molecule has 0 aliphatic rings. The summed E-state index contributed by atoms with van der Waals surface area (Å²) in [5.41, 5.74) is 1.23. The molecule has 5 nitrogen and oxygen atoms in total. The molecule has 18 heavy (non-hydrogen) atoms. The number of aromatic nitrogens is 2. The number of hydrogen-bond acceptors (Lipinski definition) is 3. The van der Waals surface area contributed by atoms with E-state index in [2.05, 4.69) is 9.97 Å². The Labute approximate surface area is 99.9 Å². The highest BCUT2D eigenvalue weighted by atomic mass is 19.1. The lowest BCUT2D eigenvalue weighted by Gasteiger charge is -1.88. The summed E-state index contributed by atoms with van der Waals surface area (Å²) >= 11 is 0. The molecule has 2 aromatic heterocycles. The molecule has 0 fully saturated rings. The Hall–Kier alpha value is -2.63. The van der Waals surface area contributed by atoms with E-state index in [0.717, 1.165) is 11.7 Å². The summed E-state index contributed by atoms with van der Waals surface area (Å²) in [5, 5.41) is 9.39. The van der Waals surface area contributed by atoms with Crippen molar-refractivity contribution in [3.63, 3.8) is 0 Å². The summed E-state index contributed by atoms with van der Waals surface area (Å²) in [7, 11) is 0. The molecule has 0 unspecified atom stereocenters. The number of fused-ring (bicyclic) bond motifs is 1. The van der Waals surface area contributed by atoms with Gasteiger partial charge >= 0.3 is 5.97 Å². The van der Waals surface area contributed by atoms with Gasteiger partial charge < -0.3 is 14.5 Å². The minimum absolute atomic E-state index is 0.156. The molecule has 0 saturated carbocycles. The molecule has 0 amide bonds. The van der Waals surface area contributed by atoms with Gasteiger partial charge in [0.25, 0.3) is 0 Å². The van der Waals surface area contributed by atoms with Crippen LogP contribution >= 0.6 is 0 Å². The minimum Gasteiger partial charge on any atom is -0.475 e. The maximum absolute atomic E-state index is 13.0. The molecule has 0 aliphatic carbocycles. The second kappa shape index (κ2) is 3.69. The molecule has 3 rings (SSSR count). The average molecular weight is 246 g/mol. The number of oxazole rings is 1. The van der Waals surface area contributed by atoms with Gasteiger partial charge in [0, 0.05) is 10.9 Å². The van der Waals surface area contributed by atoms with Crippen LogP contribution in [0.15, 0.2) is 34.9 Å². The van der Waals surface area contributed by atoms with Gasteiger partial charge in [0.15, 0.2) is 0 Å². The van der Waals surface area contributed by atoms with E-state index in [1.165, 1.54) is 12.1 Å². The van der Waals surface area contributed by atoms with E-state index in [1.54, 1.807) is 12.1 Å². The van der Waals surface area contributed by atoms with Crippen molar-refractivity contribution in [2.24, 2.45) is 0 Å². The number of nitrogens with zero attached hydrogens (tertiary/aromatic N) is 1. The Bertz CT molecular complexity index is 745. The number of rotatable bonds is 2. The first-order valence-electron chi connectivity index (χ1n) is 5.11. The van der Waals surface area contributed by atoms with Gasteiger partial charge in [-0.05, 0) is 24.3 Å². The molecule has 0 atom stereocenters. The number of benzene rings is 1. The van der Waals surface area contributed by atoms with Gasteiger partial charge in [0.2, 0.25) is 11.7 Å². The third-order valence-corrected chi connectivity index (χ3v) is 2.53. The number of hydrogen-bond donors (Lipinski definition) is 2. The maximum atomic E-state index is 13.0.